The van der Waals surface area contributed by atoms with Crippen molar-refractivity contribution in [1.82, 2.24) is 10.3 Å². The second kappa shape index (κ2) is 4.05. The first-order valence-electron chi connectivity index (χ1n) is 5.84. The Hall–Kier alpha value is -1.52. The molecular formula is C13H16N2O2. The SMILES string of the molecule is COc1cccc2c3c([nH]c12)CNC(CO)C3. The first-order valence-corrected chi connectivity index (χ1v) is 5.84. The van der Waals surface area contributed by atoms with Crippen molar-refractivity contribution in [2.24, 2.45) is 0 Å². The van der Waals surface area contributed by atoms with Crippen LogP contribution in [-0.2, 0) is 13.0 Å². The first-order chi connectivity index (χ1) is 8.33. The van der Waals surface area contributed by atoms with Crippen LogP contribution in [0.4, 0.5) is 0 Å². The zero-order chi connectivity index (χ0) is 11.8. The van der Waals surface area contributed by atoms with Gasteiger partial charge in [-0.05, 0) is 18.1 Å². The number of aromatic amines is 1. The second-order valence-electron chi connectivity index (χ2n) is 4.43. The van der Waals surface area contributed by atoms with E-state index in [0.29, 0.717) is 0 Å². The fraction of sp³-hybridized carbons (Fsp3) is 0.385. The predicted octanol–water partition coefficient (Wildman–Crippen LogP) is 1.18. The smallest absolute Gasteiger partial charge is 0.142 e. The number of methoxy groups -OCH3 is 1. The van der Waals surface area contributed by atoms with Gasteiger partial charge < -0.3 is 20.1 Å². The maximum absolute atomic E-state index is 9.23. The lowest BCUT2D eigenvalue weighted by Crippen LogP contribution is -2.37. The van der Waals surface area contributed by atoms with Gasteiger partial charge in [-0.1, -0.05) is 12.1 Å². The van der Waals surface area contributed by atoms with Crippen molar-refractivity contribution in [1.29, 1.82) is 0 Å². The van der Waals surface area contributed by atoms with Gasteiger partial charge in [-0.2, -0.15) is 0 Å². The number of fused-ring (bicyclic) bond motifs is 3. The molecule has 1 aromatic carbocycles. The fourth-order valence-electron chi connectivity index (χ4n) is 2.55. The van der Waals surface area contributed by atoms with Crippen LogP contribution in [0.1, 0.15) is 11.3 Å². The zero-order valence-electron chi connectivity index (χ0n) is 9.79. The number of para-hydroxylation sites is 1. The van der Waals surface area contributed by atoms with Crippen LogP contribution in [0.2, 0.25) is 0 Å². The molecule has 3 N–H and O–H groups in total. The molecule has 0 saturated carbocycles. The molecule has 1 atom stereocenters. The lowest BCUT2D eigenvalue weighted by Gasteiger charge is -2.22. The van der Waals surface area contributed by atoms with E-state index in [1.54, 1.807) is 7.11 Å². The van der Waals surface area contributed by atoms with Crippen molar-refractivity contribution in [3.05, 3.63) is 29.5 Å². The number of aromatic nitrogens is 1. The van der Waals surface area contributed by atoms with E-state index in [1.165, 1.54) is 16.6 Å². The summed E-state index contributed by atoms with van der Waals surface area (Å²) in [5.41, 5.74) is 3.56. The number of aliphatic hydroxyl groups excluding tert-OH is 1. The molecule has 1 aliphatic rings. The normalized spacial score (nSPS) is 19.3. The Morgan fingerprint density at radius 1 is 1.47 bits per heavy atom. The Kier molecular flexibility index (Phi) is 2.53. The van der Waals surface area contributed by atoms with Crippen LogP contribution >= 0.6 is 0 Å². The Bertz CT molecular complexity index is 548. The summed E-state index contributed by atoms with van der Waals surface area (Å²) >= 11 is 0. The van der Waals surface area contributed by atoms with E-state index in [-0.39, 0.29) is 12.6 Å². The lowest BCUT2D eigenvalue weighted by atomic mass is 9.99. The molecule has 3 rings (SSSR count). The minimum absolute atomic E-state index is 0.160. The Morgan fingerprint density at radius 3 is 3.12 bits per heavy atom. The van der Waals surface area contributed by atoms with Gasteiger partial charge in [-0.15, -0.1) is 0 Å². The highest BCUT2D eigenvalue weighted by Gasteiger charge is 2.22. The molecule has 0 radical (unpaired) electrons. The van der Waals surface area contributed by atoms with Gasteiger partial charge in [0.15, 0.2) is 0 Å². The summed E-state index contributed by atoms with van der Waals surface area (Å²) in [4.78, 5) is 3.41. The summed E-state index contributed by atoms with van der Waals surface area (Å²) in [6.07, 6.45) is 0.860. The summed E-state index contributed by atoms with van der Waals surface area (Å²) in [7, 11) is 1.68. The Morgan fingerprint density at radius 2 is 2.35 bits per heavy atom. The topological polar surface area (TPSA) is 57.3 Å². The molecule has 0 amide bonds. The highest BCUT2D eigenvalue weighted by atomic mass is 16.5. The molecule has 17 heavy (non-hydrogen) atoms. The maximum atomic E-state index is 9.23. The highest BCUT2D eigenvalue weighted by Crippen LogP contribution is 2.31. The third-order valence-corrected chi connectivity index (χ3v) is 3.45. The van der Waals surface area contributed by atoms with Crippen LogP contribution in [0.5, 0.6) is 5.75 Å². The molecule has 4 nitrogen and oxygen atoms in total. The molecular weight excluding hydrogens is 216 g/mol. The summed E-state index contributed by atoms with van der Waals surface area (Å²) in [6.45, 7) is 0.953. The zero-order valence-corrected chi connectivity index (χ0v) is 9.79. The minimum atomic E-state index is 0.160. The number of H-pyrrole nitrogens is 1. The van der Waals surface area contributed by atoms with Crippen LogP contribution in [0.3, 0.4) is 0 Å². The van der Waals surface area contributed by atoms with E-state index in [1.807, 2.05) is 12.1 Å². The average Bonchev–Trinajstić information content (AvgIpc) is 2.76. The third kappa shape index (κ3) is 1.61. The van der Waals surface area contributed by atoms with E-state index in [0.717, 1.165) is 24.2 Å². The predicted molar refractivity (Wildman–Crippen MR) is 66.3 cm³/mol. The number of aliphatic hydroxyl groups is 1. The van der Waals surface area contributed by atoms with E-state index in [4.69, 9.17) is 4.74 Å². The van der Waals surface area contributed by atoms with E-state index >= 15 is 0 Å². The van der Waals surface area contributed by atoms with Crippen LogP contribution in [0.25, 0.3) is 10.9 Å². The minimum Gasteiger partial charge on any atom is -0.495 e. The standard InChI is InChI=1S/C13H16N2O2/c1-17-12-4-2-3-9-10-5-8(7-16)14-6-11(10)15-13(9)12/h2-4,8,14-16H,5-7H2,1H3. The van der Waals surface area contributed by atoms with Crippen molar-refractivity contribution in [2.45, 2.75) is 19.0 Å². The molecule has 1 aliphatic heterocycles. The maximum Gasteiger partial charge on any atom is 0.142 e. The Balaban J connectivity index is 2.16. The van der Waals surface area contributed by atoms with Gasteiger partial charge in [0.1, 0.15) is 5.75 Å². The first kappa shape index (κ1) is 10.6. The summed E-state index contributed by atoms with van der Waals surface area (Å²) < 4.78 is 5.36. The van der Waals surface area contributed by atoms with Gasteiger partial charge in [0, 0.05) is 23.7 Å². The van der Waals surface area contributed by atoms with Gasteiger partial charge in [-0.3, -0.25) is 0 Å². The molecule has 2 heterocycles. The van der Waals surface area contributed by atoms with Crippen LogP contribution in [0.15, 0.2) is 18.2 Å². The van der Waals surface area contributed by atoms with Crippen molar-refractivity contribution in [3.63, 3.8) is 0 Å². The van der Waals surface area contributed by atoms with Crippen molar-refractivity contribution >= 4 is 10.9 Å². The molecule has 0 bridgehead atoms. The molecule has 0 fully saturated rings. The summed E-state index contributed by atoms with van der Waals surface area (Å²) in [5.74, 6) is 0.873. The van der Waals surface area contributed by atoms with Crippen molar-refractivity contribution in [3.8, 4) is 5.75 Å². The number of rotatable bonds is 2. The number of hydrogen-bond donors (Lipinski definition) is 3. The van der Waals surface area contributed by atoms with E-state index < -0.39 is 0 Å². The van der Waals surface area contributed by atoms with Gasteiger partial charge in [-0.25, -0.2) is 0 Å². The lowest BCUT2D eigenvalue weighted by molar-refractivity contribution is 0.235. The molecule has 0 aliphatic carbocycles. The highest BCUT2D eigenvalue weighted by molar-refractivity contribution is 5.89. The molecule has 1 aromatic heterocycles. The average molecular weight is 232 g/mol. The molecule has 1 unspecified atom stereocenters. The number of hydrogen-bond acceptors (Lipinski definition) is 3. The summed E-state index contributed by atoms with van der Waals surface area (Å²) in [6, 6.07) is 6.23. The van der Waals surface area contributed by atoms with Gasteiger partial charge in [0.05, 0.1) is 19.2 Å². The quantitative estimate of drug-likeness (QED) is 0.729. The fourth-order valence-corrected chi connectivity index (χ4v) is 2.55. The molecule has 2 aromatic rings. The second-order valence-corrected chi connectivity index (χ2v) is 4.43. The van der Waals surface area contributed by atoms with Crippen molar-refractivity contribution < 1.29 is 9.84 Å². The van der Waals surface area contributed by atoms with Gasteiger partial charge in [0.2, 0.25) is 0 Å². The van der Waals surface area contributed by atoms with Crippen LogP contribution in [0, 0.1) is 0 Å². The number of nitrogens with one attached hydrogen (secondary N) is 2. The van der Waals surface area contributed by atoms with E-state index in [2.05, 4.69) is 16.4 Å². The molecule has 0 saturated heterocycles. The Labute approximate surface area is 99.6 Å². The van der Waals surface area contributed by atoms with Crippen LogP contribution in [-0.4, -0.2) is 29.8 Å². The monoisotopic (exact) mass is 232 g/mol. The van der Waals surface area contributed by atoms with Crippen LogP contribution < -0.4 is 10.1 Å². The number of benzene rings is 1. The molecule has 90 valence electrons. The molecule has 4 heteroatoms. The van der Waals surface area contributed by atoms with E-state index in [9.17, 15) is 5.11 Å². The largest absolute Gasteiger partial charge is 0.495 e. The summed E-state index contributed by atoms with van der Waals surface area (Å²) in [5, 5.41) is 13.7. The molecule has 0 spiro atoms. The number of ether oxygens (including phenoxy) is 1. The van der Waals surface area contributed by atoms with Crippen molar-refractivity contribution in [2.75, 3.05) is 13.7 Å². The third-order valence-electron chi connectivity index (χ3n) is 3.45. The van der Waals surface area contributed by atoms with Gasteiger partial charge >= 0.3 is 0 Å². The van der Waals surface area contributed by atoms with Gasteiger partial charge in [0.25, 0.3) is 0 Å².